The molecule has 0 N–H and O–H groups in total. The van der Waals surface area contributed by atoms with E-state index in [-0.39, 0.29) is 0 Å². The molecular weight excluding hydrogens is 440 g/mol. The Labute approximate surface area is 221 Å². The van der Waals surface area contributed by atoms with Gasteiger partial charge in [-0.05, 0) is 57.3 Å². The van der Waals surface area contributed by atoms with Crippen LogP contribution in [0.2, 0.25) is 0 Å². The Hall–Kier alpha value is -2.88. The SMILES string of the molecule is C=C1CCC=C(C(C)C2CN(c3ncnc(C)c3/C=C\C)CCN2C(=C)C)/C1=C/C=C\C.CC.CC. The predicted octanol–water partition coefficient (Wildman–Crippen LogP) is 8.31. The monoisotopic (exact) mass is 490 g/mol. The van der Waals surface area contributed by atoms with E-state index in [9.17, 15) is 0 Å². The molecule has 0 radical (unpaired) electrons. The second-order valence-electron chi connectivity index (χ2n) is 8.83. The van der Waals surface area contributed by atoms with Gasteiger partial charge in [0.1, 0.15) is 12.1 Å². The van der Waals surface area contributed by atoms with Crippen LogP contribution in [0.1, 0.15) is 79.5 Å². The molecule has 2 heterocycles. The molecule has 1 aliphatic heterocycles. The molecule has 198 valence electrons. The normalized spacial score (nSPS) is 20.0. The van der Waals surface area contributed by atoms with Crippen LogP contribution in [-0.2, 0) is 0 Å². The Balaban J connectivity index is 0.00000154. The quantitative estimate of drug-likeness (QED) is 0.401. The lowest BCUT2D eigenvalue weighted by atomic mass is 9.78. The van der Waals surface area contributed by atoms with Crippen molar-refractivity contribution in [1.29, 1.82) is 0 Å². The van der Waals surface area contributed by atoms with Crippen LogP contribution in [0.5, 0.6) is 0 Å². The Morgan fingerprint density at radius 2 is 1.81 bits per heavy atom. The highest BCUT2D eigenvalue weighted by Gasteiger charge is 2.35. The van der Waals surface area contributed by atoms with E-state index in [0.717, 1.165) is 55.2 Å². The van der Waals surface area contributed by atoms with Crippen molar-refractivity contribution < 1.29 is 0 Å². The van der Waals surface area contributed by atoms with Gasteiger partial charge in [0.05, 0.1) is 11.7 Å². The number of rotatable bonds is 6. The first-order chi connectivity index (χ1) is 17.4. The molecule has 0 bridgehead atoms. The fourth-order valence-corrected chi connectivity index (χ4v) is 4.88. The first kappa shape index (κ1) is 31.2. The van der Waals surface area contributed by atoms with E-state index in [1.165, 1.54) is 16.7 Å². The topological polar surface area (TPSA) is 32.3 Å². The fourth-order valence-electron chi connectivity index (χ4n) is 4.88. The summed E-state index contributed by atoms with van der Waals surface area (Å²) in [6.07, 6.45) is 16.8. The summed E-state index contributed by atoms with van der Waals surface area (Å²) in [5.41, 5.74) is 7.21. The summed E-state index contributed by atoms with van der Waals surface area (Å²) in [5.74, 6) is 1.37. The molecule has 4 nitrogen and oxygen atoms in total. The lowest BCUT2D eigenvalue weighted by molar-refractivity contribution is 0.189. The third kappa shape index (κ3) is 7.56. The van der Waals surface area contributed by atoms with Gasteiger partial charge < -0.3 is 9.80 Å². The molecule has 4 heteroatoms. The molecule has 2 atom stereocenters. The number of nitrogens with zero attached hydrogens (tertiary/aromatic N) is 4. The van der Waals surface area contributed by atoms with E-state index in [4.69, 9.17) is 4.98 Å². The van der Waals surface area contributed by atoms with E-state index in [2.05, 4.69) is 92.1 Å². The van der Waals surface area contributed by atoms with E-state index in [1.807, 2.05) is 34.6 Å². The van der Waals surface area contributed by atoms with Crippen molar-refractivity contribution in [3.05, 3.63) is 83.5 Å². The van der Waals surface area contributed by atoms with E-state index in [1.54, 1.807) is 6.33 Å². The molecule has 1 aliphatic carbocycles. The van der Waals surface area contributed by atoms with Crippen LogP contribution in [0, 0.1) is 12.8 Å². The first-order valence-corrected chi connectivity index (χ1v) is 13.7. The number of piperazine rings is 1. The second-order valence-corrected chi connectivity index (χ2v) is 8.83. The molecule has 0 saturated carbocycles. The number of aryl methyl sites for hydroxylation is 1. The van der Waals surface area contributed by atoms with Crippen molar-refractivity contribution in [3.63, 3.8) is 0 Å². The highest BCUT2D eigenvalue weighted by Crippen LogP contribution is 2.38. The standard InChI is InChI=1S/C28H38N4.2C2H6/c1-8-10-14-24-21(5)13-11-15-25(24)22(6)27-18-31(16-17-32(27)20(3)4)28-26(12-9-2)23(7)29-19-30-28;2*1-2/h8-10,12,14-15,19,22,27H,3,5,11,13,16-18H2,1-2,4,6-7H3;2*1-2H3/b10-8-,12-9-,24-14+;;. The second kappa shape index (κ2) is 16.0. The Morgan fingerprint density at radius 1 is 1.11 bits per heavy atom. The number of hydrogen-bond acceptors (Lipinski definition) is 4. The fraction of sp³-hybridized carbons (Fsp3) is 0.500. The molecule has 1 aromatic heterocycles. The zero-order valence-electron chi connectivity index (χ0n) is 24.4. The summed E-state index contributed by atoms with van der Waals surface area (Å²) in [6.45, 7) is 30.1. The molecule has 0 spiro atoms. The maximum atomic E-state index is 4.70. The van der Waals surface area contributed by atoms with E-state index < -0.39 is 0 Å². The number of aromatic nitrogens is 2. The van der Waals surface area contributed by atoms with Crippen molar-refractivity contribution in [1.82, 2.24) is 14.9 Å². The van der Waals surface area contributed by atoms with Gasteiger partial charge in [-0.1, -0.05) is 84.2 Å². The van der Waals surface area contributed by atoms with Gasteiger partial charge in [-0.2, -0.15) is 0 Å². The van der Waals surface area contributed by atoms with Crippen LogP contribution in [0.3, 0.4) is 0 Å². The molecule has 2 unspecified atom stereocenters. The van der Waals surface area contributed by atoms with Crippen LogP contribution in [0.4, 0.5) is 5.82 Å². The minimum absolute atomic E-state index is 0.307. The molecule has 1 aromatic rings. The minimum atomic E-state index is 0.307. The zero-order valence-corrected chi connectivity index (χ0v) is 24.4. The summed E-state index contributed by atoms with van der Waals surface area (Å²) in [7, 11) is 0. The summed E-state index contributed by atoms with van der Waals surface area (Å²) in [4.78, 5) is 14.0. The van der Waals surface area contributed by atoms with Crippen molar-refractivity contribution in [3.8, 4) is 0 Å². The Bertz CT molecular complexity index is 980. The Kier molecular flexibility index (Phi) is 13.8. The summed E-state index contributed by atoms with van der Waals surface area (Å²) in [6, 6.07) is 0.307. The van der Waals surface area contributed by atoms with Gasteiger partial charge in [0.2, 0.25) is 0 Å². The van der Waals surface area contributed by atoms with Gasteiger partial charge in [-0.25, -0.2) is 9.97 Å². The van der Waals surface area contributed by atoms with Crippen LogP contribution >= 0.6 is 0 Å². The van der Waals surface area contributed by atoms with Crippen molar-refractivity contribution in [2.75, 3.05) is 24.5 Å². The lowest BCUT2D eigenvalue weighted by Crippen LogP contribution is -2.55. The summed E-state index contributed by atoms with van der Waals surface area (Å²) in [5, 5.41) is 0. The molecule has 0 aromatic carbocycles. The van der Waals surface area contributed by atoms with Crippen molar-refractivity contribution in [2.45, 2.75) is 81.2 Å². The number of allylic oxidation sites excluding steroid dienone is 8. The van der Waals surface area contributed by atoms with E-state index >= 15 is 0 Å². The molecule has 2 aliphatic rings. The first-order valence-electron chi connectivity index (χ1n) is 13.7. The third-order valence-corrected chi connectivity index (χ3v) is 6.63. The highest BCUT2D eigenvalue weighted by molar-refractivity contribution is 5.66. The highest BCUT2D eigenvalue weighted by atomic mass is 15.3. The third-order valence-electron chi connectivity index (χ3n) is 6.63. The maximum absolute atomic E-state index is 4.70. The smallest absolute Gasteiger partial charge is 0.139 e. The van der Waals surface area contributed by atoms with Gasteiger partial charge in [0, 0.05) is 36.8 Å². The molecular formula is C32H50N4. The predicted molar refractivity (Wildman–Crippen MR) is 160 cm³/mol. The molecule has 0 amide bonds. The van der Waals surface area contributed by atoms with E-state index in [0.29, 0.717) is 12.0 Å². The van der Waals surface area contributed by atoms with Gasteiger partial charge in [0.15, 0.2) is 0 Å². The number of hydrogen-bond donors (Lipinski definition) is 0. The molecule has 3 rings (SSSR count). The summed E-state index contributed by atoms with van der Waals surface area (Å²) >= 11 is 0. The van der Waals surface area contributed by atoms with Crippen molar-refractivity contribution >= 4 is 11.9 Å². The van der Waals surface area contributed by atoms with Gasteiger partial charge in [-0.15, -0.1) is 0 Å². The number of anilines is 1. The summed E-state index contributed by atoms with van der Waals surface area (Å²) < 4.78 is 0. The lowest BCUT2D eigenvalue weighted by Gasteiger charge is -2.47. The molecule has 1 saturated heterocycles. The van der Waals surface area contributed by atoms with Crippen LogP contribution in [0.25, 0.3) is 6.08 Å². The maximum Gasteiger partial charge on any atom is 0.139 e. The minimum Gasteiger partial charge on any atom is -0.368 e. The van der Waals surface area contributed by atoms with Crippen LogP contribution in [0.15, 0.2) is 72.3 Å². The van der Waals surface area contributed by atoms with Crippen LogP contribution < -0.4 is 4.90 Å². The zero-order chi connectivity index (χ0) is 27.3. The van der Waals surface area contributed by atoms with Gasteiger partial charge in [0.25, 0.3) is 0 Å². The largest absolute Gasteiger partial charge is 0.368 e. The Morgan fingerprint density at radius 3 is 2.42 bits per heavy atom. The van der Waals surface area contributed by atoms with Gasteiger partial charge >= 0.3 is 0 Å². The molecule has 36 heavy (non-hydrogen) atoms. The average molecular weight is 491 g/mol. The van der Waals surface area contributed by atoms with Gasteiger partial charge in [-0.3, -0.25) is 0 Å². The van der Waals surface area contributed by atoms with Crippen LogP contribution in [-0.4, -0.2) is 40.5 Å². The molecule has 1 fully saturated rings. The average Bonchev–Trinajstić information content (AvgIpc) is 2.90. The van der Waals surface area contributed by atoms with Crippen molar-refractivity contribution in [2.24, 2.45) is 5.92 Å².